The van der Waals surface area contributed by atoms with Crippen molar-refractivity contribution in [2.45, 2.75) is 45.9 Å². The highest BCUT2D eigenvalue weighted by molar-refractivity contribution is 5.80. The number of fused-ring (bicyclic) bond motifs is 1. The first kappa shape index (κ1) is 16.3. The Bertz CT molecular complexity index is 596. The molecule has 1 aromatic carbocycles. The van der Waals surface area contributed by atoms with Crippen LogP contribution in [0.5, 0.6) is 0 Å². The van der Waals surface area contributed by atoms with Gasteiger partial charge in [0.1, 0.15) is 0 Å². The Hall–Kier alpha value is -1.55. The molecule has 1 heterocycles. The molecule has 0 spiro atoms. The van der Waals surface area contributed by atoms with E-state index < -0.39 is 0 Å². The third kappa shape index (κ3) is 2.85. The van der Waals surface area contributed by atoms with Crippen LogP contribution in [-0.4, -0.2) is 43.7 Å². The normalized spacial score (nSPS) is 28.9. The number of benzene rings is 1. The molecule has 3 unspecified atom stereocenters. The van der Waals surface area contributed by atoms with Crippen LogP contribution in [0.4, 0.5) is 0 Å². The summed E-state index contributed by atoms with van der Waals surface area (Å²) < 4.78 is 5.89. The van der Waals surface area contributed by atoms with Crippen molar-refractivity contribution in [2.75, 3.05) is 20.7 Å². The summed E-state index contributed by atoms with van der Waals surface area (Å²) in [5, 5.41) is 3.70. The lowest BCUT2D eigenvalue weighted by molar-refractivity contribution is -0.107. The van der Waals surface area contributed by atoms with Crippen molar-refractivity contribution in [3.63, 3.8) is 0 Å². The summed E-state index contributed by atoms with van der Waals surface area (Å²) in [6.07, 6.45) is 1.56. The average molecular weight is 315 g/mol. The van der Waals surface area contributed by atoms with E-state index >= 15 is 0 Å². The second-order valence-electron chi connectivity index (χ2n) is 7.52. The van der Waals surface area contributed by atoms with Gasteiger partial charge in [0.05, 0.1) is 6.10 Å². The monoisotopic (exact) mass is 315 g/mol. The Labute approximate surface area is 139 Å². The van der Waals surface area contributed by atoms with Crippen molar-refractivity contribution >= 4 is 5.96 Å². The Morgan fingerprint density at radius 3 is 2.83 bits per heavy atom. The standard InChI is InChI=1S/C19H29N3O/c1-13-8-6-7-9-14(13)12-22(5)18(20-4)21-16-15-10-11-23-17(15)19(16,2)3/h6-9,15-17H,10-12H2,1-5H3,(H,20,21). The summed E-state index contributed by atoms with van der Waals surface area (Å²) in [5.41, 5.74) is 2.83. The summed E-state index contributed by atoms with van der Waals surface area (Å²) in [6, 6.07) is 8.97. The molecule has 3 rings (SSSR count). The number of aryl methyl sites for hydroxylation is 1. The second kappa shape index (κ2) is 6.16. The topological polar surface area (TPSA) is 36.9 Å². The molecular formula is C19H29N3O. The number of aliphatic imine (C=N–C) groups is 1. The molecule has 2 fully saturated rings. The molecule has 1 aromatic rings. The zero-order valence-electron chi connectivity index (χ0n) is 15.0. The number of guanidine groups is 1. The number of ether oxygens (including phenoxy) is 1. The van der Waals surface area contributed by atoms with Crippen LogP contribution in [0.3, 0.4) is 0 Å². The first-order chi connectivity index (χ1) is 10.9. The maximum atomic E-state index is 5.89. The summed E-state index contributed by atoms with van der Waals surface area (Å²) in [5.74, 6) is 1.59. The maximum absolute atomic E-state index is 5.89. The molecule has 0 amide bonds. The molecule has 4 nitrogen and oxygen atoms in total. The fourth-order valence-corrected chi connectivity index (χ4v) is 4.22. The maximum Gasteiger partial charge on any atom is 0.193 e. The third-order valence-electron chi connectivity index (χ3n) is 5.63. The van der Waals surface area contributed by atoms with Crippen LogP contribution >= 0.6 is 0 Å². The van der Waals surface area contributed by atoms with Crippen molar-refractivity contribution in [3.8, 4) is 0 Å². The number of hydrogen-bond acceptors (Lipinski definition) is 2. The lowest BCUT2D eigenvalue weighted by atomic mass is 9.57. The van der Waals surface area contributed by atoms with E-state index in [9.17, 15) is 0 Å². The van der Waals surface area contributed by atoms with Gasteiger partial charge in [-0.1, -0.05) is 38.1 Å². The van der Waals surface area contributed by atoms with Crippen LogP contribution < -0.4 is 5.32 Å². The Balaban J connectivity index is 1.67. The first-order valence-corrected chi connectivity index (χ1v) is 8.55. The van der Waals surface area contributed by atoms with Gasteiger partial charge >= 0.3 is 0 Å². The third-order valence-corrected chi connectivity index (χ3v) is 5.63. The van der Waals surface area contributed by atoms with Crippen molar-refractivity contribution in [2.24, 2.45) is 16.3 Å². The molecule has 0 radical (unpaired) electrons. The highest BCUT2D eigenvalue weighted by Gasteiger charge is 2.59. The van der Waals surface area contributed by atoms with Gasteiger partial charge in [-0.05, 0) is 24.5 Å². The zero-order chi connectivity index (χ0) is 16.6. The highest BCUT2D eigenvalue weighted by Crippen LogP contribution is 2.52. The molecule has 1 aliphatic heterocycles. The van der Waals surface area contributed by atoms with Crippen LogP contribution in [0.2, 0.25) is 0 Å². The van der Waals surface area contributed by atoms with Gasteiger partial charge in [0.25, 0.3) is 0 Å². The van der Waals surface area contributed by atoms with Crippen molar-refractivity contribution in [1.29, 1.82) is 0 Å². The Morgan fingerprint density at radius 2 is 2.13 bits per heavy atom. The molecule has 1 saturated heterocycles. The predicted octanol–water partition coefficient (Wildman–Crippen LogP) is 2.82. The molecule has 2 aliphatic rings. The van der Waals surface area contributed by atoms with E-state index in [1.54, 1.807) is 0 Å². The van der Waals surface area contributed by atoms with E-state index in [2.05, 4.69) is 67.3 Å². The van der Waals surface area contributed by atoms with E-state index in [-0.39, 0.29) is 5.41 Å². The SMILES string of the molecule is CN=C(NC1C2CCOC2C1(C)C)N(C)Cc1ccccc1C. The molecule has 23 heavy (non-hydrogen) atoms. The summed E-state index contributed by atoms with van der Waals surface area (Å²) in [4.78, 5) is 6.72. The van der Waals surface area contributed by atoms with Crippen molar-refractivity contribution in [1.82, 2.24) is 10.2 Å². The minimum atomic E-state index is 0.167. The van der Waals surface area contributed by atoms with Gasteiger partial charge in [0.2, 0.25) is 0 Å². The number of nitrogens with one attached hydrogen (secondary N) is 1. The van der Waals surface area contributed by atoms with Gasteiger partial charge in [-0.15, -0.1) is 0 Å². The van der Waals surface area contributed by atoms with Gasteiger partial charge in [0.15, 0.2) is 5.96 Å². The Kier molecular flexibility index (Phi) is 4.37. The number of rotatable bonds is 3. The zero-order valence-corrected chi connectivity index (χ0v) is 15.0. The van der Waals surface area contributed by atoms with Gasteiger partial charge in [-0.3, -0.25) is 4.99 Å². The minimum absolute atomic E-state index is 0.167. The molecular weight excluding hydrogens is 286 g/mol. The molecule has 0 aromatic heterocycles. The van der Waals surface area contributed by atoms with Crippen molar-refractivity contribution < 1.29 is 4.74 Å². The lowest BCUT2D eigenvalue weighted by Gasteiger charge is -2.55. The van der Waals surface area contributed by atoms with Crippen LogP contribution in [0.1, 0.15) is 31.4 Å². The fourth-order valence-electron chi connectivity index (χ4n) is 4.22. The number of nitrogens with zero attached hydrogens (tertiary/aromatic N) is 2. The van der Waals surface area contributed by atoms with Crippen LogP contribution in [0.15, 0.2) is 29.3 Å². The molecule has 4 heteroatoms. The predicted molar refractivity (Wildman–Crippen MR) is 94.6 cm³/mol. The molecule has 0 bridgehead atoms. The van der Waals surface area contributed by atoms with Gasteiger partial charge in [-0.25, -0.2) is 0 Å². The second-order valence-corrected chi connectivity index (χ2v) is 7.52. The fraction of sp³-hybridized carbons (Fsp3) is 0.632. The summed E-state index contributed by atoms with van der Waals surface area (Å²) in [7, 11) is 3.97. The van der Waals surface area contributed by atoms with E-state index in [1.165, 1.54) is 11.1 Å². The number of hydrogen-bond donors (Lipinski definition) is 1. The van der Waals surface area contributed by atoms with Crippen LogP contribution in [0.25, 0.3) is 0 Å². The molecule has 1 aliphatic carbocycles. The highest BCUT2D eigenvalue weighted by atomic mass is 16.5. The molecule has 3 atom stereocenters. The molecule has 1 saturated carbocycles. The van der Waals surface area contributed by atoms with Crippen LogP contribution in [0, 0.1) is 18.3 Å². The quantitative estimate of drug-likeness (QED) is 0.688. The first-order valence-electron chi connectivity index (χ1n) is 8.55. The Morgan fingerprint density at radius 1 is 1.39 bits per heavy atom. The minimum Gasteiger partial charge on any atom is -0.377 e. The van der Waals surface area contributed by atoms with Gasteiger partial charge in [-0.2, -0.15) is 0 Å². The van der Waals surface area contributed by atoms with E-state index in [0.29, 0.717) is 18.1 Å². The van der Waals surface area contributed by atoms with Gasteiger partial charge < -0.3 is 15.0 Å². The average Bonchev–Trinajstić information content (AvgIpc) is 2.97. The van der Waals surface area contributed by atoms with E-state index in [1.807, 2.05) is 7.05 Å². The van der Waals surface area contributed by atoms with Gasteiger partial charge in [0, 0.05) is 44.6 Å². The van der Waals surface area contributed by atoms with E-state index in [4.69, 9.17) is 4.74 Å². The summed E-state index contributed by atoms with van der Waals surface area (Å²) in [6.45, 7) is 8.52. The molecule has 126 valence electrons. The lowest BCUT2D eigenvalue weighted by Crippen LogP contribution is -2.67. The summed E-state index contributed by atoms with van der Waals surface area (Å²) >= 11 is 0. The largest absolute Gasteiger partial charge is 0.377 e. The van der Waals surface area contributed by atoms with Crippen LogP contribution in [-0.2, 0) is 11.3 Å². The van der Waals surface area contributed by atoms with Crippen molar-refractivity contribution in [3.05, 3.63) is 35.4 Å². The smallest absolute Gasteiger partial charge is 0.193 e. The molecule has 1 N–H and O–H groups in total. The van der Waals surface area contributed by atoms with E-state index in [0.717, 1.165) is 25.5 Å².